The summed E-state index contributed by atoms with van der Waals surface area (Å²) in [5.41, 5.74) is 1.96. The molecule has 2 rings (SSSR count). The third-order valence-corrected chi connectivity index (χ3v) is 4.40. The van der Waals surface area contributed by atoms with Crippen LogP contribution in [-0.4, -0.2) is 31.7 Å². The number of nitriles is 1. The maximum absolute atomic E-state index is 9.14. The maximum atomic E-state index is 9.14. The van der Waals surface area contributed by atoms with Crippen molar-refractivity contribution in [2.75, 3.05) is 26.8 Å². The topological polar surface area (TPSA) is 36.3 Å². The largest absolute Gasteiger partial charge is 0.384 e. The van der Waals surface area contributed by atoms with Crippen LogP contribution < -0.4 is 0 Å². The van der Waals surface area contributed by atoms with Crippen LogP contribution in [0.5, 0.6) is 0 Å². The molecule has 3 heteroatoms. The lowest BCUT2D eigenvalue weighted by atomic mass is 9.86. The van der Waals surface area contributed by atoms with Crippen molar-refractivity contribution < 1.29 is 4.74 Å². The van der Waals surface area contributed by atoms with Crippen molar-refractivity contribution in [3.8, 4) is 6.07 Å². The quantitative estimate of drug-likeness (QED) is 0.826. The average Bonchev–Trinajstić information content (AvgIpc) is 2.49. The fourth-order valence-corrected chi connectivity index (χ4v) is 3.09. The molecule has 1 aromatic carbocycles. The van der Waals surface area contributed by atoms with Gasteiger partial charge in [-0.3, -0.25) is 4.90 Å². The summed E-state index contributed by atoms with van der Waals surface area (Å²) in [6.45, 7) is 6.29. The second kappa shape index (κ2) is 7.42. The van der Waals surface area contributed by atoms with Crippen molar-refractivity contribution in [2.24, 2.45) is 11.8 Å². The zero-order valence-corrected chi connectivity index (χ0v) is 12.5. The third kappa shape index (κ3) is 3.82. The average molecular weight is 272 g/mol. The first kappa shape index (κ1) is 15.0. The van der Waals surface area contributed by atoms with Crippen molar-refractivity contribution >= 4 is 0 Å². The maximum Gasteiger partial charge on any atom is 0.0995 e. The van der Waals surface area contributed by atoms with Gasteiger partial charge in [-0.05, 0) is 49.4 Å². The van der Waals surface area contributed by atoms with E-state index in [2.05, 4.69) is 24.0 Å². The number of methoxy groups -OCH3 is 1. The van der Waals surface area contributed by atoms with Gasteiger partial charge in [0.2, 0.25) is 0 Å². The molecule has 1 atom stereocenters. The summed E-state index contributed by atoms with van der Waals surface area (Å²) in [6, 6.07) is 10.2. The molecule has 1 saturated heterocycles. The van der Waals surface area contributed by atoms with Crippen LogP contribution in [0.15, 0.2) is 24.3 Å². The van der Waals surface area contributed by atoms with Crippen molar-refractivity contribution in [3.05, 3.63) is 35.4 Å². The van der Waals surface area contributed by atoms with Gasteiger partial charge >= 0.3 is 0 Å². The van der Waals surface area contributed by atoms with E-state index in [1.165, 1.54) is 12.8 Å². The number of nitrogens with zero attached hydrogens (tertiary/aromatic N) is 2. The van der Waals surface area contributed by atoms with Crippen molar-refractivity contribution in [2.45, 2.75) is 26.3 Å². The van der Waals surface area contributed by atoms with Crippen molar-refractivity contribution in [3.63, 3.8) is 0 Å². The predicted molar refractivity (Wildman–Crippen MR) is 80.2 cm³/mol. The number of hydrogen-bond acceptors (Lipinski definition) is 3. The zero-order valence-electron chi connectivity index (χ0n) is 12.5. The number of piperidine rings is 1. The molecule has 3 nitrogen and oxygen atoms in total. The summed E-state index contributed by atoms with van der Waals surface area (Å²) in [6.07, 6.45) is 2.47. The first-order chi connectivity index (χ1) is 9.74. The Kier molecular flexibility index (Phi) is 5.58. The molecular formula is C17H24N2O. The Labute approximate surface area is 122 Å². The fraction of sp³-hybridized carbons (Fsp3) is 0.588. The Bertz CT molecular complexity index is 458. The number of benzene rings is 1. The van der Waals surface area contributed by atoms with E-state index in [1.807, 2.05) is 18.2 Å². The molecule has 108 valence electrons. The highest BCUT2D eigenvalue weighted by molar-refractivity contribution is 5.37. The summed E-state index contributed by atoms with van der Waals surface area (Å²) < 4.78 is 5.26. The number of hydrogen-bond donors (Lipinski definition) is 0. The Balaban J connectivity index is 1.87. The van der Waals surface area contributed by atoms with E-state index < -0.39 is 0 Å². The summed E-state index contributed by atoms with van der Waals surface area (Å²) in [7, 11) is 1.78. The van der Waals surface area contributed by atoms with E-state index in [-0.39, 0.29) is 0 Å². The lowest BCUT2D eigenvalue weighted by Crippen LogP contribution is -2.36. The van der Waals surface area contributed by atoms with Crippen LogP contribution in [0, 0.1) is 23.2 Å². The number of ether oxygens (including phenoxy) is 1. The summed E-state index contributed by atoms with van der Waals surface area (Å²) >= 11 is 0. The SMILES string of the molecule is COC[C@@H](C)C1CCN(Cc2ccccc2C#N)CC1. The summed E-state index contributed by atoms with van der Waals surface area (Å²) in [4.78, 5) is 2.46. The van der Waals surface area contributed by atoms with E-state index in [4.69, 9.17) is 10.00 Å². The molecule has 0 bridgehead atoms. The highest BCUT2D eigenvalue weighted by atomic mass is 16.5. The van der Waals surface area contributed by atoms with Gasteiger partial charge in [0, 0.05) is 20.3 Å². The van der Waals surface area contributed by atoms with Crippen molar-refractivity contribution in [1.29, 1.82) is 5.26 Å². The molecular weight excluding hydrogens is 248 g/mol. The molecule has 1 aliphatic rings. The lowest BCUT2D eigenvalue weighted by Gasteiger charge is -2.34. The first-order valence-electron chi connectivity index (χ1n) is 7.44. The van der Waals surface area contributed by atoms with Gasteiger partial charge in [0.1, 0.15) is 0 Å². The third-order valence-electron chi connectivity index (χ3n) is 4.40. The molecule has 0 amide bonds. The minimum absolute atomic E-state index is 0.647. The molecule has 1 fully saturated rings. The number of likely N-dealkylation sites (tertiary alicyclic amines) is 1. The van der Waals surface area contributed by atoms with Crippen LogP contribution in [0.1, 0.15) is 30.9 Å². The Morgan fingerprint density at radius 3 is 2.70 bits per heavy atom. The molecule has 0 unspecified atom stereocenters. The Hall–Kier alpha value is -1.37. The van der Waals surface area contributed by atoms with Crippen LogP contribution in [0.25, 0.3) is 0 Å². The molecule has 0 aromatic heterocycles. The van der Waals surface area contributed by atoms with Gasteiger partial charge in [0.15, 0.2) is 0 Å². The van der Waals surface area contributed by atoms with E-state index in [9.17, 15) is 0 Å². The lowest BCUT2D eigenvalue weighted by molar-refractivity contribution is 0.0879. The minimum atomic E-state index is 0.647. The van der Waals surface area contributed by atoms with E-state index >= 15 is 0 Å². The van der Waals surface area contributed by atoms with Crippen LogP contribution in [0.3, 0.4) is 0 Å². The standard InChI is InChI=1S/C17H24N2O/c1-14(13-20-2)15-7-9-19(10-8-15)12-17-6-4-3-5-16(17)11-18/h3-6,14-15H,7-10,12-13H2,1-2H3/t14-/m1/s1. The molecule has 1 aliphatic heterocycles. The molecule has 0 spiro atoms. The molecule has 1 heterocycles. The van der Waals surface area contributed by atoms with Gasteiger partial charge in [-0.15, -0.1) is 0 Å². The fourth-order valence-electron chi connectivity index (χ4n) is 3.09. The second-order valence-corrected chi connectivity index (χ2v) is 5.82. The Morgan fingerprint density at radius 1 is 1.35 bits per heavy atom. The molecule has 0 N–H and O–H groups in total. The smallest absolute Gasteiger partial charge is 0.0995 e. The van der Waals surface area contributed by atoms with E-state index in [0.717, 1.165) is 43.3 Å². The zero-order chi connectivity index (χ0) is 14.4. The molecule has 0 saturated carbocycles. The second-order valence-electron chi connectivity index (χ2n) is 5.82. The minimum Gasteiger partial charge on any atom is -0.384 e. The monoisotopic (exact) mass is 272 g/mol. The van der Waals surface area contributed by atoms with Gasteiger partial charge in [-0.2, -0.15) is 5.26 Å². The van der Waals surface area contributed by atoms with Gasteiger partial charge in [-0.25, -0.2) is 0 Å². The van der Waals surface area contributed by atoms with Gasteiger partial charge < -0.3 is 4.74 Å². The molecule has 20 heavy (non-hydrogen) atoms. The number of rotatable bonds is 5. The van der Waals surface area contributed by atoms with Gasteiger partial charge in [0.05, 0.1) is 11.6 Å². The summed E-state index contributed by atoms with van der Waals surface area (Å²) in [5.74, 6) is 1.42. The van der Waals surface area contributed by atoms with E-state index in [0.29, 0.717) is 5.92 Å². The van der Waals surface area contributed by atoms with Crippen LogP contribution >= 0.6 is 0 Å². The van der Waals surface area contributed by atoms with E-state index in [1.54, 1.807) is 7.11 Å². The highest BCUT2D eigenvalue weighted by Gasteiger charge is 2.24. The molecule has 0 radical (unpaired) electrons. The molecule has 1 aromatic rings. The highest BCUT2D eigenvalue weighted by Crippen LogP contribution is 2.26. The van der Waals surface area contributed by atoms with Gasteiger partial charge in [0.25, 0.3) is 0 Å². The molecule has 0 aliphatic carbocycles. The van der Waals surface area contributed by atoms with Crippen LogP contribution in [0.2, 0.25) is 0 Å². The predicted octanol–water partition coefficient (Wildman–Crippen LogP) is 3.05. The van der Waals surface area contributed by atoms with Crippen LogP contribution in [-0.2, 0) is 11.3 Å². The Morgan fingerprint density at radius 2 is 2.05 bits per heavy atom. The normalized spacial score (nSPS) is 18.6. The summed E-state index contributed by atoms with van der Waals surface area (Å²) in [5, 5.41) is 9.14. The van der Waals surface area contributed by atoms with Crippen molar-refractivity contribution in [1.82, 2.24) is 4.90 Å². The van der Waals surface area contributed by atoms with Gasteiger partial charge in [-0.1, -0.05) is 25.1 Å². The first-order valence-corrected chi connectivity index (χ1v) is 7.44. The van der Waals surface area contributed by atoms with Crippen LogP contribution in [0.4, 0.5) is 0 Å².